The summed E-state index contributed by atoms with van der Waals surface area (Å²) in [6.07, 6.45) is -3.47. The maximum atomic E-state index is 12.0. The van der Waals surface area contributed by atoms with Crippen LogP contribution in [0.1, 0.15) is 5.56 Å². The van der Waals surface area contributed by atoms with Crippen molar-refractivity contribution >= 4 is 23.7 Å². The summed E-state index contributed by atoms with van der Waals surface area (Å²) in [5.41, 5.74) is 2.71. The number of carbonyl (C=O) groups excluding carboxylic acids is 1. The van der Waals surface area contributed by atoms with Gasteiger partial charge in [-0.15, -0.1) is 13.2 Å². The molecule has 1 amide bonds. The monoisotopic (exact) mass is 372 g/mol. The van der Waals surface area contributed by atoms with Gasteiger partial charge in [-0.2, -0.15) is 5.10 Å². The Labute approximate surface area is 146 Å². The van der Waals surface area contributed by atoms with Crippen LogP contribution in [0.2, 0.25) is 5.02 Å². The van der Waals surface area contributed by atoms with E-state index >= 15 is 0 Å². The molecule has 0 atom stereocenters. The molecule has 2 aromatic rings. The first-order valence-electron chi connectivity index (χ1n) is 6.88. The summed E-state index contributed by atoms with van der Waals surface area (Å²) in [5, 5.41) is 4.23. The Bertz CT molecular complexity index is 732. The second-order valence-electron chi connectivity index (χ2n) is 4.65. The molecule has 9 heteroatoms. The number of alkyl halides is 3. The number of hydrazone groups is 1. The predicted octanol–water partition coefficient (Wildman–Crippen LogP) is 3.77. The van der Waals surface area contributed by atoms with E-state index in [1.165, 1.54) is 18.3 Å². The average molecular weight is 373 g/mol. The molecule has 2 rings (SSSR count). The lowest BCUT2D eigenvalue weighted by molar-refractivity contribution is -0.274. The first-order chi connectivity index (χ1) is 11.8. The van der Waals surface area contributed by atoms with Gasteiger partial charge in [0.2, 0.25) is 0 Å². The number of nitrogens with zero attached hydrogens (tertiary/aromatic N) is 1. The van der Waals surface area contributed by atoms with E-state index in [1.807, 2.05) is 0 Å². The van der Waals surface area contributed by atoms with Crippen LogP contribution < -0.4 is 14.9 Å². The largest absolute Gasteiger partial charge is 0.573 e. The second kappa shape index (κ2) is 8.39. The van der Waals surface area contributed by atoms with E-state index in [4.69, 9.17) is 16.3 Å². The van der Waals surface area contributed by atoms with Gasteiger partial charge in [0.05, 0.1) is 6.21 Å². The molecule has 5 nitrogen and oxygen atoms in total. The molecule has 0 aliphatic carbocycles. The van der Waals surface area contributed by atoms with E-state index in [2.05, 4.69) is 15.3 Å². The van der Waals surface area contributed by atoms with Gasteiger partial charge in [-0.25, -0.2) is 5.43 Å². The number of amides is 1. The second-order valence-corrected chi connectivity index (χ2v) is 5.09. The molecule has 25 heavy (non-hydrogen) atoms. The topological polar surface area (TPSA) is 59.9 Å². The lowest BCUT2D eigenvalue weighted by atomic mass is 10.2. The number of hydrogen-bond acceptors (Lipinski definition) is 4. The van der Waals surface area contributed by atoms with Crippen LogP contribution in [0.25, 0.3) is 0 Å². The maximum absolute atomic E-state index is 12.0. The van der Waals surface area contributed by atoms with Gasteiger partial charge in [-0.3, -0.25) is 4.79 Å². The number of benzene rings is 2. The summed E-state index contributed by atoms with van der Waals surface area (Å²) >= 11 is 5.72. The van der Waals surface area contributed by atoms with Crippen molar-refractivity contribution in [2.24, 2.45) is 5.10 Å². The minimum absolute atomic E-state index is 0.253. The Kier molecular flexibility index (Phi) is 6.24. The van der Waals surface area contributed by atoms with Gasteiger partial charge in [0, 0.05) is 5.02 Å². The normalized spacial score (nSPS) is 11.4. The van der Waals surface area contributed by atoms with Crippen molar-refractivity contribution in [1.29, 1.82) is 0 Å². The van der Waals surface area contributed by atoms with Gasteiger partial charge < -0.3 is 9.47 Å². The number of halogens is 4. The number of ether oxygens (including phenoxy) is 2. The van der Waals surface area contributed by atoms with Crippen molar-refractivity contribution in [1.82, 2.24) is 5.43 Å². The van der Waals surface area contributed by atoms with Gasteiger partial charge in [0.15, 0.2) is 6.61 Å². The highest BCUT2D eigenvalue weighted by Crippen LogP contribution is 2.22. The molecule has 0 unspecified atom stereocenters. The highest BCUT2D eigenvalue weighted by atomic mass is 35.5. The Balaban J connectivity index is 1.77. The summed E-state index contributed by atoms with van der Waals surface area (Å²) in [5.74, 6) is -0.364. The smallest absolute Gasteiger partial charge is 0.484 e. The number of nitrogens with one attached hydrogen (secondary N) is 1. The Hall–Kier alpha value is -2.74. The highest BCUT2D eigenvalue weighted by Gasteiger charge is 2.30. The van der Waals surface area contributed by atoms with Gasteiger partial charge in [0.25, 0.3) is 5.91 Å². The molecule has 132 valence electrons. The van der Waals surface area contributed by atoms with Crippen LogP contribution in [0.3, 0.4) is 0 Å². The summed E-state index contributed by atoms with van der Waals surface area (Å²) < 4.78 is 45.1. The third-order valence-electron chi connectivity index (χ3n) is 2.70. The molecular weight excluding hydrogens is 361 g/mol. The first-order valence-corrected chi connectivity index (χ1v) is 7.26. The molecule has 0 radical (unpaired) electrons. The Morgan fingerprint density at radius 1 is 1.08 bits per heavy atom. The number of rotatable bonds is 6. The number of carbonyl (C=O) groups is 1. The summed E-state index contributed by atoms with van der Waals surface area (Å²) in [6.45, 7) is -0.253. The number of hydrogen-bond donors (Lipinski definition) is 1. The first kappa shape index (κ1) is 18.6. The fourth-order valence-corrected chi connectivity index (χ4v) is 1.77. The van der Waals surface area contributed by atoms with Crippen molar-refractivity contribution in [2.75, 3.05) is 6.61 Å². The Morgan fingerprint density at radius 3 is 2.28 bits per heavy atom. The van der Waals surface area contributed by atoms with E-state index in [0.29, 0.717) is 16.3 Å². The summed E-state index contributed by atoms with van der Waals surface area (Å²) in [7, 11) is 0. The Morgan fingerprint density at radius 2 is 1.68 bits per heavy atom. The van der Waals surface area contributed by atoms with Gasteiger partial charge in [-0.1, -0.05) is 11.6 Å². The molecule has 2 aromatic carbocycles. The van der Waals surface area contributed by atoms with Crippen molar-refractivity contribution in [3.05, 3.63) is 59.1 Å². The average Bonchev–Trinajstić information content (AvgIpc) is 2.55. The minimum atomic E-state index is -4.74. The van der Waals surface area contributed by atoms with Crippen LogP contribution in [0, 0.1) is 0 Å². The van der Waals surface area contributed by atoms with Gasteiger partial charge in [-0.05, 0) is 54.1 Å². The lowest BCUT2D eigenvalue weighted by Gasteiger charge is -2.08. The van der Waals surface area contributed by atoms with Crippen LogP contribution in [-0.2, 0) is 4.79 Å². The van der Waals surface area contributed by atoms with Crippen LogP contribution in [-0.4, -0.2) is 25.1 Å². The van der Waals surface area contributed by atoms with Crippen molar-refractivity contribution in [3.63, 3.8) is 0 Å². The van der Waals surface area contributed by atoms with Gasteiger partial charge in [0.1, 0.15) is 11.5 Å². The highest BCUT2D eigenvalue weighted by molar-refractivity contribution is 6.30. The van der Waals surface area contributed by atoms with Crippen LogP contribution in [0.15, 0.2) is 53.6 Å². The molecule has 0 saturated carbocycles. The van der Waals surface area contributed by atoms with Crippen LogP contribution >= 0.6 is 11.6 Å². The molecule has 0 saturated heterocycles. The van der Waals surface area contributed by atoms with E-state index < -0.39 is 12.3 Å². The van der Waals surface area contributed by atoms with Gasteiger partial charge >= 0.3 is 6.36 Å². The molecule has 0 aromatic heterocycles. The van der Waals surface area contributed by atoms with Crippen molar-refractivity contribution < 1.29 is 27.4 Å². The summed E-state index contributed by atoms with van der Waals surface area (Å²) in [4.78, 5) is 11.6. The quantitative estimate of drug-likeness (QED) is 0.620. The fourth-order valence-electron chi connectivity index (χ4n) is 1.65. The zero-order chi connectivity index (χ0) is 18.3. The fraction of sp³-hybridized carbons (Fsp3) is 0.125. The zero-order valence-electron chi connectivity index (χ0n) is 12.6. The third-order valence-corrected chi connectivity index (χ3v) is 2.95. The van der Waals surface area contributed by atoms with Crippen LogP contribution in [0.5, 0.6) is 11.5 Å². The minimum Gasteiger partial charge on any atom is -0.484 e. The SMILES string of the molecule is O=C(COc1ccc(Cl)cc1)NN=Cc1ccc(OC(F)(F)F)cc1. The third kappa shape index (κ3) is 7.13. The van der Waals surface area contributed by atoms with E-state index in [9.17, 15) is 18.0 Å². The molecule has 0 aliphatic rings. The van der Waals surface area contributed by atoms with Crippen molar-refractivity contribution in [3.8, 4) is 11.5 Å². The summed E-state index contributed by atoms with van der Waals surface area (Å²) in [6, 6.07) is 11.5. The molecule has 1 N–H and O–H groups in total. The molecule has 0 aliphatic heterocycles. The standard InChI is InChI=1S/C16H12ClF3N2O3/c17-12-3-7-13(8-4-12)24-10-15(23)22-21-9-11-1-5-14(6-2-11)25-16(18,19)20/h1-9H,10H2,(H,22,23). The molecule has 0 fully saturated rings. The van der Waals surface area contributed by atoms with Crippen LogP contribution in [0.4, 0.5) is 13.2 Å². The zero-order valence-corrected chi connectivity index (χ0v) is 13.3. The molecule has 0 bridgehead atoms. The predicted molar refractivity (Wildman–Crippen MR) is 85.8 cm³/mol. The van der Waals surface area contributed by atoms with Crippen molar-refractivity contribution in [2.45, 2.75) is 6.36 Å². The molecule has 0 heterocycles. The lowest BCUT2D eigenvalue weighted by Crippen LogP contribution is -2.24. The molecule has 0 spiro atoms. The molecular formula is C16H12ClF3N2O3. The van der Waals surface area contributed by atoms with E-state index in [0.717, 1.165) is 12.1 Å². The van der Waals surface area contributed by atoms with E-state index in [1.54, 1.807) is 24.3 Å². The van der Waals surface area contributed by atoms with E-state index in [-0.39, 0.29) is 12.4 Å². The maximum Gasteiger partial charge on any atom is 0.573 e.